The third-order valence-electron chi connectivity index (χ3n) is 4.67. The Morgan fingerprint density at radius 2 is 1.97 bits per heavy atom. The first-order valence-corrected chi connectivity index (χ1v) is 10.5. The average molecular weight is 481 g/mol. The molecule has 1 unspecified atom stereocenters. The average Bonchev–Trinajstić information content (AvgIpc) is 3.35. The molecule has 0 aliphatic rings. The molecule has 0 aliphatic carbocycles. The Balaban J connectivity index is 1.46. The highest BCUT2D eigenvalue weighted by Gasteiger charge is 2.33. The lowest BCUT2D eigenvalue weighted by Gasteiger charge is -2.12. The van der Waals surface area contributed by atoms with E-state index in [4.69, 9.17) is 11.6 Å². The lowest BCUT2D eigenvalue weighted by atomic mass is 10.2. The monoisotopic (exact) mass is 480 g/mol. The van der Waals surface area contributed by atoms with Crippen molar-refractivity contribution in [3.8, 4) is 0 Å². The zero-order valence-corrected chi connectivity index (χ0v) is 18.3. The van der Waals surface area contributed by atoms with Gasteiger partial charge in [-0.2, -0.15) is 13.2 Å². The van der Waals surface area contributed by atoms with Crippen molar-refractivity contribution in [3.63, 3.8) is 0 Å². The van der Waals surface area contributed by atoms with E-state index in [1.165, 1.54) is 29.7 Å². The summed E-state index contributed by atoms with van der Waals surface area (Å²) in [6.07, 6.45) is 0.163. The molecule has 0 spiro atoms. The second-order valence-electron chi connectivity index (χ2n) is 6.99. The lowest BCUT2D eigenvalue weighted by Crippen LogP contribution is -2.26. The van der Waals surface area contributed by atoms with Crippen molar-refractivity contribution in [3.05, 3.63) is 64.1 Å². The van der Waals surface area contributed by atoms with Crippen LogP contribution < -0.4 is 10.6 Å². The molecule has 0 bridgehead atoms. The van der Waals surface area contributed by atoms with E-state index in [1.54, 1.807) is 30.1 Å². The standard InChI is InChI=1S/C20H16ClF3N6OS/c1-10(28-18(31)14-6-16-15(7-25-14)27-9-30(16)2)17-8-26-19(32-17)29-11-3-4-13(21)12(5-11)20(22,23)24/h3-10H,1-2H3,(H,26,29)(H,28,31). The quantitative estimate of drug-likeness (QED) is 0.403. The second kappa shape index (κ2) is 8.40. The number of fused-ring (bicyclic) bond motifs is 1. The van der Waals surface area contributed by atoms with Crippen LogP contribution in [-0.2, 0) is 13.2 Å². The number of thiazole rings is 1. The van der Waals surface area contributed by atoms with Crippen LogP contribution in [0.1, 0.15) is 33.9 Å². The molecule has 0 saturated carbocycles. The Bertz CT molecular complexity index is 1300. The minimum atomic E-state index is -4.56. The Kier molecular flexibility index (Phi) is 5.78. The van der Waals surface area contributed by atoms with Crippen LogP contribution in [0.5, 0.6) is 0 Å². The van der Waals surface area contributed by atoms with Crippen LogP contribution in [0.15, 0.2) is 43.0 Å². The number of imidazole rings is 1. The summed E-state index contributed by atoms with van der Waals surface area (Å²) in [5.41, 5.74) is 0.985. The molecule has 1 amide bonds. The number of aryl methyl sites for hydroxylation is 1. The van der Waals surface area contributed by atoms with E-state index >= 15 is 0 Å². The van der Waals surface area contributed by atoms with Crippen molar-refractivity contribution in [1.29, 1.82) is 0 Å². The molecule has 2 N–H and O–H groups in total. The Hall–Kier alpha value is -3.18. The van der Waals surface area contributed by atoms with E-state index in [9.17, 15) is 18.0 Å². The maximum atomic E-state index is 13.1. The van der Waals surface area contributed by atoms with Crippen molar-refractivity contribution >= 4 is 50.7 Å². The second-order valence-corrected chi connectivity index (χ2v) is 8.46. The fraction of sp³-hybridized carbons (Fsp3) is 0.200. The van der Waals surface area contributed by atoms with Gasteiger partial charge in [0, 0.05) is 23.8 Å². The summed E-state index contributed by atoms with van der Waals surface area (Å²) in [6, 6.07) is 4.80. The van der Waals surface area contributed by atoms with E-state index in [1.807, 2.05) is 7.05 Å². The number of alkyl halides is 3. The highest BCUT2D eigenvalue weighted by Crippen LogP contribution is 2.37. The molecule has 166 valence electrons. The molecule has 3 heterocycles. The number of hydrogen-bond donors (Lipinski definition) is 2. The van der Waals surface area contributed by atoms with E-state index in [0.717, 1.165) is 11.6 Å². The third kappa shape index (κ3) is 4.53. The zero-order chi connectivity index (χ0) is 23.0. The number of carbonyl (C=O) groups excluding carboxylic acids is 1. The summed E-state index contributed by atoms with van der Waals surface area (Å²) in [5.74, 6) is -0.365. The predicted molar refractivity (Wildman–Crippen MR) is 116 cm³/mol. The van der Waals surface area contributed by atoms with Gasteiger partial charge in [-0.15, -0.1) is 0 Å². The highest BCUT2D eigenvalue weighted by molar-refractivity contribution is 7.15. The third-order valence-corrected chi connectivity index (χ3v) is 6.09. The maximum Gasteiger partial charge on any atom is 0.417 e. The van der Waals surface area contributed by atoms with Crippen LogP contribution in [0.4, 0.5) is 24.0 Å². The minimum absolute atomic E-state index is 0.202. The lowest BCUT2D eigenvalue weighted by molar-refractivity contribution is -0.137. The van der Waals surface area contributed by atoms with Gasteiger partial charge in [0.1, 0.15) is 11.2 Å². The Labute approximate surface area is 189 Å². The molecule has 12 heteroatoms. The highest BCUT2D eigenvalue weighted by atomic mass is 35.5. The number of benzene rings is 1. The summed E-state index contributed by atoms with van der Waals surface area (Å²) >= 11 is 6.86. The van der Waals surface area contributed by atoms with E-state index in [0.29, 0.717) is 15.5 Å². The van der Waals surface area contributed by atoms with Gasteiger partial charge in [-0.1, -0.05) is 22.9 Å². The first kappa shape index (κ1) is 22.0. The van der Waals surface area contributed by atoms with Crippen LogP contribution in [-0.4, -0.2) is 25.4 Å². The molecule has 3 aromatic heterocycles. The molecule has 0 aliphatic heterocycles. The molecule has 7 nitrogen and oxygen atoms in total. The number of halogens is 4. The molecular formula is C20H16ClF3N6OS. The molecule has 0 fully saturated rings. The number of rotatable bonds is 5. The first-order valence-electron chi connectivity index (χ1n) is 9.29. The van der Waals surface area contributed by atoms with Gasteiger partial charge in [0.2, 0.25) is 0 Å². The predicted octanol–water partition coefficient (Wildman–Crippen LogP) is 5.33. The normalized spacial score (nSPS) is 12.7. The summed E-state index contributed by atoms with van der Waals surface area (Å²) < 4.78 is 41.0. The van der Waals surface area contributed by atoms with Crippen molar-refractivity contribution in [2.75, 3.05) is 5.32 Å². The van der Waals surface area contributed by atoms with Crippen LogP contribution in [0, 0.1) is 0 Å². The fourth-order valence-electron chi connectivity index (χ4n) is 2.98. The van der Waals surface area contributed by atoms with Crippen LogP contribution in [0.25, 0.3) is 11.0 Å². The smallest absolute Gasteiger partial charge is 0.343 e. The number of nitrogens with one attached hydrogen (secondary N) is 2. The number of amides is 1. The van der Waals surface area contributed by atoms with E-state index in [2.05, 4.69) is 25.6 Å². The van der Waals surface area contributed by atoms with Crippen molar-refractivity contribution in [2.24, 2.45) is 7.05 Å². The Morgan fingerprint density at radius 3 is 2.72 bits per heavy atom. The zero-order valence-electron chi connectivity index (χ0n) is 16.7. The number of pyridine rings is 1. The van der Waals surface area contributed by atoms with Crippen LogP contribution >= 0.6 is 22.9 Å². The van der Waals surface area contributed by atoms with E-state index in [-0.39, 0.29) is 22.3 Å². The summed E-state index contributed by atoms with van der Waals surface area (Å²) in [5, 5.41) is 5.69. The van der Waals surface area contributed by atoms with Gasteiger partial charge >= 0.3 is 6.18 Å². The molecule has 1 aromatic carbocycles. The van der Waals surface area contributed by atoms with Crippen molar-refractivity contribution in [2.45, 2.75) is 19.1 Å². The summed E-state index contributed by atoms with van der Waals surface area (Å²) in [7, 11) is 1.82. The Morgan fingerprint density at radius 1 is 1.19 bits per heavy atom. The van der Waals surface area contributed by atoms with Crippen LogP contribution in [0.3, 0.4) is 0 Å². The fourth-order valence-corrected chi connectivity index (χ4v) is 4.05. The number of hydrogen-bond acceptors (Lipinski definition) is 6. The molecule has 1 atom stereocenters. The molecule has 0 saturated heterocycles. The van der Waals surface area contributed by atoms with Gasteiger partial charge < -0.3 is 15.2 Å². The summed E-state index contributed by atoms with van der Waals surface area (Å²) in [4.78, 5) is 25.8. The van der Waals surface area contributed by atoms with E-state index < -0.39 is 17.8 Å². The first-order chi connectivity index (χ1) is 15.1. The van der Waals surface area contributed by atoms with Gasteiger partial charge in [-0.25, -0.2) is 15.0 Å². The molecular weight excluding hydrogens is 465 g/mol. The SMILES string of the molecule is CC(NC(=O)c1cc2c(cn1)ncn2C)c1cnc(Nc2ccc(Cl)c(C(F)(F)F)c2)s1. The largest absolute Gasteiger partial charge is 0.417 e. The number of carbonyl (C=O) groups is 1. The maximum absolute atomic E-state index is 13.1. The van der Waals surface area contributed by atoms with Gasteiger partial charge in [0.15, 0.2) is 5.13 Å². The molecule has 0 radical (unpaired) electrons. The molecule has 4 aromatic rings. The minimum Gasteiger partial charge on any atom is -0.343 e. The van der Waals surface area contributed by atoms with Crippen molar-refractivity contribution in [1.82, 2.24) is 24.8 Å². The van der Waals surface area contributed by atoms with Gasteiger partial charge in [-0.05, 0) is 31.2 Å². The van der Waals surface area contributed by atoms with Crippen molar-refractivity contribution < 1.29 is 18.0 Å². The van der Waals surface area contributed by atoms with Crippen LogP contribution in [0.2, 0.25) is 5.02 Å². The summed E-state index contributed by atoms with van der Waals surface area (Å²) in [6.45, 7) is 1.78. The number of aromatic nitrogens is 4. The molecule has 4 rings (SSSR count). The van der Waals surface area contributed by atoms with Gasteiger partial charge in [0.25, 0.3) is 5.91 Å². The molecule has 32 heavy (non-hydrogen) atoms. The number of nitrogens with zero attached hydrogens (tertiary/aromatic N) is 4. The topological polar surface area (TPSA) is 84.7 Å². The number of anilines is 2. The van der Waals surface area contributed by atoms with Gasteiger partial charge in [0.05, 0.1) is 34.7 Å². The van der Waals surface area contributed by atoms with Gasteiger partial charge in [-0.3, -0.25) is 4.79 Å².